The minimum Gasteiger partial charge on any atom is -0.439 e. The van der Waals surface area contributed by atoms with E-state index in [1.807, 2.05) is 54.9 Å². The second-order valence-corrected chi connectivity index (χ2v) is 9.83. The van der Waals surface area contributed by atoms with Crippen molar-refractivity contribution in [3.63, 3.8) is 0 Å². The van der Waals surface area contributed by atoms with Crippen LogP contribution in [0.1, 0.15) is 18.4 Å². The van der Waals surface area contributed by atoms with E-state index in [0.717, 1.165) is 58.8 Å². The predicted octanol–water partition coefficient (Wildman–Crippen LogP) is 4.83. The lowest BCUT2D eigenvalue weighted by molar-refractivity contribution is -0.750. The smallest absolute Gasteiger partial charge is 0.264 e. The Balaban J connectivity index is 1.33. The van der Waals surface area contributed by atoms with E-state index in [4.69, 9.17) is 20.6 Å². The highest BCUT2D eigenvalue weighted by atomic mass is 16.5. The molecule has 1 aliphatic carbocycles. The van der Waals surface area contributed by atoms with Gasteiger partial charge < -0.3 is 9.64 Å². The molecule has 0 amide bonds. The minimum absolute atomic E-state index is 0.0411. The Kier molecular flexibility index (Phi) is 5.33. The normalized spacial score (nSPS) is 25.1. The summed E-state index contributed by atoms with van der Waals surface area (Å²) in [7, 11) is 4.26. The monoisotopic (exact) mass is 465 g/mol. The summed E-state index contributed by atoms with van der Waals surface area (Å²) in [5, 5.41) is 1.03. The molecule has 1 fully saturated rings. The number of aliphatic imine (C=N–C) groups is 2. The molecule has 3 aromatic rings. The average molecular weight is 466 g/mol. The Bertz CT molecular complexity index is 1400. The number of ether oxygens (including phenoxy) is 1. The Labute approximate surface area is 205 Å². The fourth-order valence-electron chi connectivity index (χ4n) is 5.23. The second-order valence-electron chi connectivity index (χ2n) is 9.83. The maximum absolute atomic E-state index is 6.96. The first kappa shape index (κ1) is 21.9. The molecular formula is C28H29N6O+. The van der Waals surface area contributed by atoms with Crippen molar-refractivity contribution in [1.82, 2.24) is 9.88 Å². The molecule has 6 rings (SSSR count). The standard InChI is InChI=1S/C28H29N6O/c1-33(2)18-19-14-22(15-19)27-25-17-30-12-13-34(25,29)28(32-27)21-9-8-20-10-11-26(31-24(20)16-21)35-23-6-4-3-5-7-23/h3-13,16-17,19,22H,14-15,18,29H2,1-2H3/q+1. The molecule has 3 heterocycles. The zero-order valence-corrected chi connectivity index (χ0v) is 20.0. The zero-order chi connectivity index (χ0) is 24.0. The highest BCUT2D eigenvalue weighted by molar-refractivity contribution is 6.02. The number of allylic oxidation sites excluding steroid dienone is 2. The molecule has 0 spiro atoms. The molecule has 1 saturated carbocycles. The number of para-hydroxylation sites is 1. The van der Waals surface area contributed by atoms with Crippen LogP contribution in [0.5, 0.6) is 11.6 Å². The Morgan fingerprint density at radius 2 is 1.86 bits per heavy atom. The SMILES string of the molecule is CN(C)CC1CC(C2=C3C=NC=C[N+]3(N)C(c3ccc4ccc(Oc5ccccc5)nc4c3)=N2)C1. The van der Waals surface area contributed by atoms with Gasteiger partial charge in [-0.3, -0.25) is 4.99 Å². The van der Waals surface area contributed by atoms with Gasteiger partial charge in [-0.25, -0.2) is 4.98 Å². The van der Waals surface area contributed by atoms with Crippen LogP contribution < -0.4 is 10.6 Å². The maximum atomic E-state index is 6.96. The van der Waals surface area contributed by atoms with Gasteiger partial charge in [0.2, 0.25) is 11.6 Å². The van der Waals surface area contributed by atoms with Crippen molar-refractivity contribution < 1.29 is 9.33 Å². The first-order valence-corrected chi connectivity index (χ1v) is 12.0. The highest BCUT2D eigenvalue weighted by Crippen LogP contribution is 2.45. The number of benzene rings is 2. The van der Waals surface area contributed by atoms with Crippen molar-refractivity contribution in [3.05, 3.63) is 90.0 Å². The summed E-state index contributed by atoms with van der Waals surface area (Å²) < 4.78 is 6.00. The highest BCUT2D eigenvalue weighted by Gasteiger charge is 2.48. The predicted molar refractivity (Wildman–Crippen MR) is 139 cm³/mol. The summed E-state index contributed by atoms with van der Waals surface area (Å²) in [6.45, 7) is 1.11. The van der Waals surface area contributed by atoms with E-state index in [9.17, 15) is 0 Å². The number of quaternary nitrogens is 1. The number of rotatable bonds is 6. The molecule has 1 aromatic heterocycles. The van der Waals surface area contributed by atoms with Crippen LogP contribution in [0.2, 0.25) is 0 Å². The van der Waals surface area contributed by atoms with E-state index in [-0.39, 0.29) is 4.59 Å². The number of amidine groups is 1. The molecule has 0 saturated heterocycles. The summed E-state index contributed by atoms with van der Waals surface area (Å²) in [5.41, 5.74) is 3.82. The molecule has 3 aliphatic rings. The molecule has 1 atom stereocenters. The Morgan fingerprint density at radius 3 is 2.66 bits per heavy atom. The summed E-state index contributed by atoms with van der Waals surface area (Å²) in [6.07, 6.45) is 7.79. The van der Waals surface area contributed by atoms with Crippen LogP contribution in [0, 0.1) is 11.8 Å². The first-order valence-electron chi connectivity index (χ1n) is 12.0. The van der Waals surface area contributed by atoms with Crippen LogP contribution in [-0.2, 0) is 0 Å². The van der Waals surface area contributed by atoms with E-state index in [1.54, 1.807) is 6.20 Å². The van der Waals surface area contributed by atoms with Gasteiger partial charge in [0.05, 0.1) is 23.5 Å². The van der Waals surface area contributed by atoms with E-state index in [1.165, 1.54) is 0 Å². The van der Waals surface area contributed by atoms with Gasteiger partial charge in [0.1, 0.15) is 17.6 Å². The van der Waals surface area contributed by atoms with Crippen molar-refractivity contribution in [2.24, 2.45) is 27.7 Å². The fourth-order valence-corrected chi connectivity index (χ4v) is 5.23. The molecular weight excluding hydrogens is 436 g/mol. The lowest BCUT2D eigenvalue weighted by Gasteiger charge is -2.36. The lowest BCUT2D eigenvalue weighted by atomic mass is 9.72. The second kappa shape index (κ2) is 8.53. The maximum Gasteiger partial charge on any atom is 0.264 e. The van der Waals surface area contributed by atoms with Gasteiger partial charge in [-0.15, -0.1) is 4.59 Å². The topological polar surface area (TPSA) is 76.1 Å². The first-order chi connectivity index (χ1) is 17.0. The van der Waals surface area contributed by atoms with Crippen molar-refractivity contribution in [3.8, 4) is 11.6 Å². The van der Waals surface area contributed by atoms with Crippen molar-refractivity contribution in [2.45, 2.75) is 12.8 Å². The molecule has 2 N–H and O–H groups in total. The van der Waals surface area contributed by atoms with Crippen LogP contribution >= 0.6 is 0 Å². The quantitative estimate of drug-likeness (QED) is 0.418. The van der Waals surface area contributed by atoms with Gasteiger partial charge in [0, 0.05) is 23.9 Å². The molecule has 7 heteroatoms. The zero-order valence-electron chi connectivity index (χ0n) is 20.0. The van der Waals surface area contributed by atoms with Crippen LogP contribution in [-0.4, -0.2) is 47.2 Å². The van der Waals surface area contributed by atoms with Crippen LogP contribution in [0.3, 0.4) is 0 Å². The Hall–Kier alpha value is -3.65. The number of hydrogen-bond donors (Lipinski definition) is 1. The number of hydrogen-bond acceptors (Lipinski definition) is 6. The molecule has 7 nitrogen and oxygen atoms in total. The Morgan fingerprint density at radius 1 is 1.06 bits per heavy atom. The van der Waals surface area contributed by atoms with Gasteiger partial charge in [-0.2, -0.15) is 10.8 Å². The summed E-state index contributed by atoms with van der Waals surface area (Å²) in [4.78, 5) is 16.5. The molecule has 0 radical (unpaired) electrons. The molecule has 2 aliphatic heterocycles. The largest absolute Gasteiger partial charge is 0.439 e. The number of nitrogens with two attached hydrogens (primary N) is 1. The minimum atomic E-state index is 0.0411. The molecule has 1 unspecified atom stereocenters. The number of nitrogens with zero attached hydrogens (tertiary/aromatic N) is 5. The number of aromatic nitrogens is 1. The molecule has 2 aromatic carbocycles. The lowest BCUT2D eigenvalue weighted by Crippen LogP contribution is -2.53. The van der Waals surface area contributed by atoms with E-state index < -0.39 is 0 Å². The van der Waals surface area contributed by atoms with E-state index in [0.29, 0.717) is 17.7 Å². The fraction of sp³-hybridized carbons (Fsp3) is 0.250. The van der Waals surface area contributed by atoms with Crippen molar-refractivity contribution in [2.75, 3.05) is 20.6 Å². The molecule has 35 heavy (non-hydrogen) atoms. The van der Waals surface area contributed by atoms with Gasteiger partial charge in [-0.1, -0.05) is 24.3 Å². The van der Waals surface area contributed by atoms with Crippen molar-refractivity contribution in [1.29, 1.82) is 0 Å². The van der Waals surface area contributed by atoms with Gasteiger partial charge in [-0.05, 0) is 63.2 Å². The third-order valence-electron chi connectivity index (χ3n) is 6.96. The summed E-state index contributed by atoms with van der Waals surface area (Å²) in [6, 6.07) is 19.8. The third-order valence-corrected chi connectivity index (χ3v) is 6.96. The number of pyridine rings is 1. The molecule has 0 bridgehead atoms. The molecule has 176 valence electrons. The summed E-state index contributed by atoms with van der Waals surface area (Å²) >= 11 is 0. The van der Waals surface area contributed by atoms with Crippen LogP contribution in [0.25, 0.3) is 10.9 Å². The van der Waals surface area contributed by atoms with E-state index in [2.05, 4.69) is 42.2 Å². The third kappa shape index (κ3) is 3.97. The van der Waals surface area contributed by atoms with Gasteiger partial charge in [0.15, 0.2) is 0 Å². The van der Waals surface area contributed by atoms with Gasteiger partial charge >= 0.3 is 0 Å². The summed E-state index contributed by atoms with van der Waals surface area (Å²) in [5.74, 6) is 10.2. The van der Waals surface area contributed by atoms with Crippen molar-refractivity contribution >= 4 is 23.0 Å². The average Bonchev–Trinajstić information content (AvgIpc) is 3.14. The van der Waals surface area contributed by atoms with E-state index >= 15 is 0 Å². The van der Waals surface area contributed by atoms with Gasteiger partial charge in [0.25, 0.3) is 5.84 Å². The number of fused-ring (bicyclic) bond motifs is 2. The van der Waals surface area contributed by atoms with Crippen LogP contribution in [0.15, 0.2) is 94.4 Å². The van der Waals surface area contributed by atoms with Crippen LogP contribution in [0.4, 0.5) is 0 Å².